The van der Waals surface area contributed by atoms with E-state index in [4.69, 9.17) is 4.74 Å². The molecule has 0 spiro atoms. The lowest BCUT2D eigenvalue weighted by molar-refractivity contribution is 0.227. The summed E-state index contributed by atoms with van der Waals surface area (Å²) in [6.45, 7) is 4.23. The average molecular weight is 303 g/mol. The molecule has 1 N–H and O–H groups in total. The van der Waals surface area contributed by atoms with Crippen molar-refractivity contribution < 1.29 is 9.84 Å². The van der Waals surface area contributed by atoms with Gasteiger partial charge in [0.1, 0.15) is 12.1 Å². The zero-order valence-corrected chi connectivity index (χ0v) is 12.9. The van der Waals surface area contributed by atoms with E-state index in [1.54, 1.807) is 4.68 Å². The van der Waals surface area contributed by atoms with Gasteiger partial charge in [-0.3, -0.25) is 4.68 Å². The van der Waals surface area contributed by atoms with E-state index < -0.39 is 0 Å². The highest BCUT2D eigenvalue weighted by atomic mass is 16.5. The third-order valence-electron chi connectivity index (χ3n) is 4.07. The van der Waals surface area contributed by atoms with Crippen LogP contribution in [-0.2, 0) is 7.05 Å². The molecule has 1 aliphatic rings. The summed E-state index contributed by atoms with van der Waals surface area (Å²) in [6, 6.07) is 1.85. The molecular formula is C15H21N5O2. The number of aliphatic hydroxyl groups is 1. The molecule has 3 rings (SSSR count). The first-order valence-corrected chi connectivity index (χ1v) is 7.50. The molecule has 0 aliphatic carbocycles. The second-order valence-electron chi connectivity index (χ2n) is 5.55. The maximum absolute atomic E-state index is 9.70. The number of hydrogen-bond donors (Lipinski definition) is 1. The minimum absolute atomic E-state index is 0.152. The molecule has 0 unspecified atom stereocenters. The molecule has 2 atom stereocenters. The fourth-order valence-electron chi connectivity index (χ4n) is 2.98. The van der Waals surface area contributed by atoms with E-state index in [1.807, 2.05) is 32.4 Å². The number of aryl methyl sites for hydroxylation is 1. The van der Waals surface area contributed by atoms with Gasteiger partial charge in [-0.15, -0.1) is 0 Å². The van der Waals surface area contributed by atoms with Gasteiger partial charge < -0.3 is 14.7 Å². The molecule has 2 aromatic heterocycles. The van der Waals surface area contributed by atoms with E-state index in [1.165, 1.54) is 6.33 Å². The number of hydrogen-bond acceptors (Lipinski definition) is 6. The van der Waals surface area contributed by atoms with Crippen molar-refractivity contribution in [3.8, 4) is 5.88 Å². The van der Waals surface area contributed by atoms with E-state index in [2.05, 4.69) is 20.0 Å². The van der Waals surface area contributed by atoms with Gasteiger partial charge in [0.15, 0.2) is 0 Å². The van der Waals surface area contributed by atoms with Gasteiger partial charge in [-0.25, -0.2) is 9.97 Å². The summed E-state index contributed by atoms with van der Waals surface area (Å²) in [5, 5.41) is 13.9. The van der Waals surface area contributed by atoms with Crippen molar-refractivity contribution in [2.75, 3.05) is 31.2 Å². The zero-order chi connectivity index (χ0) is 15.5. The van der Waals surface area contributed by atoms with Gasteiger partial charge in [-0.2, -0.15) is 5.10 Å². The SMILES string of the molecule is CCOc1cc(N2C[C@@H](CO)[C@H](c3cnn(C)c3)C2)ncn1. The molecule has 7 heteroatoms. The van der Waals surface area contributed by atoms with Crippen molar-refractivity contribution in [1.29, 1.82) is 0 Å². The van der Waals surface area contributed by atoms with Crippen LogP contribution in [0, 0.1) is 5.92 Å². The average Bonchev–Trinajstić information content (AvgIpc) is 3.13. The molecular weight excluding hydrogens is 282 g/mol. The summed E-state index contributed by atoms with van der Waals surface area (Å²) >= 11 is 0. The first kappa shape index (κ1) is 14.8. The Kier molecular flexibility index (Phi) is 4.24. The minimum atomic E-state index is 0.152. The van der Waals surface area contributed by atoms with Crippen LogP contribution in [0.25, 0.3) is 0 Å². The molecule has 0 aromatic carbocycles. The van der Waals surface area contributed by atoms with Gasteiger partial charge in [0, 0.05) is 50.8 Å². The fourth-order valence-corrected chi connectivity index (χ4v) is 2.98. The Labute approximate surface area is 129 Å². The van der Waals surface area contributed by atoms with Crippen LogP contribution in [0.15, 0.2) is 24.8 Å². The number of aliphatic hydroxyl groups excluding tert-OH is 1. The van der Waals surface area contributed by atoms with E-state index in [9.17, 15) is 5.11 Å². The van der Waals surface area contributed by atoms with Gasteiger partial charge in [-0.1, -0.05) is 0 Å². The molecule has 7 nitrogen and oxygen atoms in total. The van der Waals surface area contributed by atoms with Crippen LogP contribution in [0.2, 0.25) is 0 Å². The lowest BCUT2D eigenvalue weighted by atomic mass is 9.92. The summed E-state index contributed by atoms with van der Waals surface area (Å²) in [4.78, 5) is 10.6. The van der Waals surface area contributed by atoms with Crippen LogP contribution in [0.3, 0.4) is 0 Å². The maximum atomic E-state index is 9.70. The van der Waals surface area contributed by atoms with E-state index in [0.717, 1.165) is 24.5 Å². The Balaban J connectivity index is 1.80. The van der Waals surface area contributed by atoms with Gasteiger partial charge in [-0.05, 0) is 12.5 Å². The summed E-state index contributed by atoms with van der Waals surface area (Å²) in [6.07, 6.45) is 5.41. The monoisotopic (exact) mass is 303 g/mol. The quantitative estimate of drug-likeness (QED) is 0.881. The van der Waals surface area contributed by atoms with E-state index in [-0.39, 0.29) is 18.4 Å². The van der Waals surface area contributed by atoms with Crippen LogP contribution in [0.4, 0.5) is 5.82 Å². The Morgan fingerprint density at radius 3 is 2.91 bits per heavy atom. The number of aromatic nitrogens is 4. The molecule has 3 heterocycles. The highest BCUT2D eigenvalue weighted by molar-refractivity contribution is 5.44. The highest BCUT2D eigenvalue weighted by Gasteiger charge is 2.34. The van der Waals surface area contributed by atoms with E-state index >= 15 is 0 Å². The van der Waals surface area contributed by atoms with Gasteiger partial charge in [0.25, 0.3) is 0 Å². The fraction of sp³-hybridized carbons (Fsp3) is 0.533. The summed E-state index contributed by atoms with van der Waals surface area (Å²) < 4.78 is 7.23. The van der Waals surface area contributed by atoms with E-state index in [0.29, 0.717) is 12.5 Å². The maximum Gasteiger partial charge on any atom is 0.218 e. The first-order valence-electron chi connectivity index (χ1n) is 7.50. The number of anilines is 1. The van der Waals surface area contributed by atoms with Crippen molar-refractivity contribution in [2.24, 2.45) is 13.0 Å². The standard InChI is InChI=1S/C15H21N5O2/c1-3-22-15-4-14(16-10-17-15)20-7-12(9-21)13(8-20)11-5-18-19(2)6-11/h4-6,10,12-13,21H,3,7-9H2,1-2H3/t12-,13-/m0/s1. The minimum Gasteiger partial charge on any atom is -0.478 e. The number of nitrogens with zero attached hydrogens (tertiary/aromatic N) is 5. The topological polar surface area (TPSA) is 76.3 Å². The third-order valence-corrected chi connectivity index (χ3v) is 4.07. The Morgan fingerprint density at radius 2 is 2.23 bits per heavy atom. The predicted molar refractivity (Wildman–Crippen MR) is 81.9 cm³/mol. The van der Waals surface area contributed by atoms with Crippen molar-refractivity contribution in [2.45, 2.75) is 12.8 Å². The predicted octanol–water partition coefficient (Wildman–Crippen LogP) is 0.821. The van der Waals surface area contributed by atoms with Crippen LogP contribution in [-0.4, -0.2) is 51.2 Å². The van der Waals surface area contributed by atoms with Crippen molar-refractivity contribution >= 4 is 5.82 Å². The van der Waals surface area contributed by atoms with Crippen molar-refractivity contribution in [3.63, 3.8) is 0 Å². The van der Waals surface area contributed by atoms with Gasteiger partial charge in [0.05, 0.1) is 12.8 Å². The normalized spacial score (nSPS) is 21.3. The van der Waals surface area contributed by atoms with Crippen LogP contribution in [0.1, 0.15) is 18.4 Å². The smallest absolute Gasteiger partial charge is 0.218 e. The van der Waals surface area contributed by atoms with Crippen LogP contribution >= 0.6 is 0 Å². The molecule has 22 heavy (non-hydrogen) atoms. The summed E-state index contributed by atoms with van der Waals surface area (Å²) in [7, 11) is 1.91. The third kappa shape index (κ3) is 2.89. The lowest BCUT2D eigenvalue weighted by Crippen LogP contribution is -2.21. The molecule has 0 bridgehead atoms. The molecule has 0 amide bonds. The Hall–Kier alpha value is -2.15. The summed E-state index contributed by atoms with van der Waals surface area (Å²) in [5.74, 6) is 1.85. The second kappa shape index (κ2) is 6.31. The Morgan fingerprint density at radius 1 is 1.36 bits per heavy atom. The zero-order valence-electron chi connectivity index (χ0n) is 12.9. The first-order chi connectivity index (χ1) is 10.7. The molecule has 1 fully saturated rings. The molecule has 0 saturated carbocycles. The number of rotatable bonds is 5. The van der Waals surface area contributed by atoms with Crippen molar-refractivity contribution in [1.82, 2.24) is 19.7 Å². The number of ether oxygens (including phenoxy) is 1. The molecule has 1 aliphatic heterocycles. The molecule has 1 saturated heterocycles. The van der Waals surface area contributed by atoms with Gasteiger partial charge in [0.2, 0.25) is 5.88 Å². The Bertz CT molecular complexity index is 630. The van der Waals surface area contributed by atoms with Crippen LogP contribution < -0.4 is 9.64 Å². The molecule has 0 radical (unpaired) electrons. The summed E-state index contributed by atoms with van der Waals surface area (Å²) in [5.41, 5.74) is 1.16. The van der Waals surface area contributed by atoms with Gasteiger partial charge >= 0.3 is 0 Å². The van der Waals surface area contributed by atoms with Crippen molar-refractivity contribution in [3.05, 3.63) is 30.4 Å². The highest BCUT2D eigenvalue weighted by Crippen LogP contribution is 2.34. The lowest BCUT2D eigenvalue weighted by Gasteiger charge is -2.17. The molecule has 118 valence electrons. The van der Waals surface area contributed by atoms with Crippen LogP contribution in [0.5, 0.6) is 5.88 Å². The second-order valence-corrected chi connectivity index (χ2v) is 5.55. The largest absolute Gasteiger partial charge is 0.478 e. The molecule has 2 aromatic rings.